The van der Waals surface area contributed by atoms with Crippen molar-refractivity contribution >= 4 is 11.6 Å². The average molecular weight is 297 g/mol. The molecule has 0 spiro atoms. The molecular weight excluding hydrogens is 278 g/mol. The van der Waals surface area contributed by atoms with Crippen LogP contribution in [0.15, 0.2) is 49.1 Å². The van der Waals surface area contributed by atoms with Crippen LogP contribution in [-0.4, -0.2) is 11.0 Å². The van der Waals surface area contributed by atoms with Gasteiger partial charge in [0.15, 0.2) is 0 Å². The van der Waals surface area contributed by atoms with Gasteiger partial charge in [0.05, 0.1) is 12.3 Å². The van der Waals surface area contributed by atoms with Crippen LogP contribution in [0.25, 0.3) is 11.1 Å². The Bertz CT molecular complexity index is 711. The summed E-state index contributed by atoms with van der Waals surface area (Å²) in [7, 11) is 0. The highest BCUT2D eigenvalue weighted by Crippen LogP contribution is 2.41. The van der Waals surface area contributed by atoms with Crippen LogP contribution >= 0.6 is 0 Å². The van der Waals surface area contributed by atoms with Gasteiger partial charge < -0.3 is 10.4 Å². The van der Waals surface area contributed by atoms with Crippen LogP contribution in [0.3, 0.4) is 0 Å². The minimum Gasteiger partial charge on any atom is -0.392 e. The third kappa shape index (κ3) is 2.78. The van der Waals surface area contributed by atoms with E-state index in [1.165, 1.54) is 17.2 Å². The fourth-order valence-electron chi connectivity index (χ4n) is 2.72. The molecule has 5 heteroatoms. The van der Waals surface area contributed by atoms with Gasteiger partial charge in [-0.3, -0.25) is 16.5 Å². The van der Waals surface area contributed by atoms with E-state index in [9.17, 15) is 9.90 Å². The molecule has 3 rings (SSSR count). The number of nitrogens with one attached hydrogen (secondary N) is 1. The van der Waals surface area contributed by atoms with Crippen LogP contribution in [0.2, 0.25) is 0 Å². The van der Waals surface area contributed by atoms with Gasteiger partial charge in [-0.2, -0.15) is 0 Å². The van der Waals surface area contributed by atoms with Crippen molar-refractivity contribution in [3.05, 3.63) is 65.7 Å². The van der Waals surface area contributed by atoms with Crippen molar-refractivity contribution in [2.24, 2.45) is 11.7 Å². The zero-order valence-electron chi connectivity index (χ0n) is 12.2. The van der Waals surface area contributed by atoms with E-state index >= 15 is 0 Å². The molecule has 1 aliphatic carbocycles. The molecule has 5 nitrogen and oxygen atoms in total. The van der Waals surface area contributed by atoms with Gasteiger partial charge >= 0.3 is 0 Å². The Morgan fingerprint density at radius 1 is 1.23 bits per heavy atom. The lowest BCUT2D eigenvalue weighted by atomic mass is 10.0. The summed E-state index contributed by atoms with van der Waals surface area (Å²) in [5.41, 5.74) is 6.07. The van der Waals surface area contributed by atoms with E-state index in [1.54, 1.807) is 0 Å². The van der Waals surface area contributed by atoms with Gasteiger partial charge in [0.1, 0.15) is 0 Å². The number of aliphatic hydroxyl groups is 1. The summed E-state index contributed by atoms with van der Waals surface area (Å²) < 4.78 is 0. The molecule has 0 aliphatic heterocycles. The Kier molecular flexibility index (Phi) is 5.06. The predicted molar refractivity (Wildman–Crippen MR) is 87.8 cm³/mol. The minimum absolute atomic E-state index is 0.101. The maximum absolute atomic E-state index is 11.6. The molecule has 0 atom stereocenters. The van der Waals surface area contributed by atoms with Gasteiger partial charge in [-0.05, 0) is 28.3 Å². The van der Waals surface area contributed by atoms with Gasteiger partial charge in [-0.15, -0.1) is 0 Å². The first-order valence-electron chi connectivity index (χ1n) is 6.85. The van der Waals surface area contributed by atoms with Crippen molar-refractivity contribution in [3.63, 3.8) is 0 Å². The highest BCUT2D eigenvalue weighted by Gasteiger charge is 2.23. The molecule has 2 aromatic rings. The quantitative estimate of drug-likeness (QED) is 0.336. The van der Waals surface area contributed by atoms with E-state index in [2.05, 4.69) is 35.7 Å². The second kappa shape index (κ2) is 7.00. The predicted octanol–water partition coefficient (Wildman–Crippen LogP) is 1.69. The number of benzene rings is 2. The van der Waals surface area contributed by atoms with E-state index in [4.69, 9.17) is 0 Å². The van der Waals surface area contributed by atoms with Crippen LogP contribution in [0.1, 0.15) is 16.7 Å². The average Bonchev–Trinajstić information content (AvgIpc) is 2.96. The summed E-state index contributed by atoms with van der Waals surface area (Å²) in [4.78, 5) is 11.6. The van der Waals surface area contributed by atoms with Gasteiger partial charge in [-0.25, -0.2) is 0 Å². The first kappa shape index (κ1) is 15.9. The molecule has 22 heavy (non-hydrogen) atoms. The van der Waals surface area contributed by atoms with Crippen LogP contribution in [-0.2, 0) is 17.8 Å². The van der Waals surface area contributed by atoms with Crippen molar-refractivity contribution < 1.29 is 9.90 Å². The van der Waals surface area contributed by atoms with E-state index < -0.39 is 0 Å². The molecule has 0 bridgehead atoms. The van der Waals surface area contributed by atoms with Crippen molar-refractivity contribution in [2.75, 3.05) is 5.32 Å². The minimum atomic E-state index is -0.260. The monoisotopic (exact) mass is 297 g/mol. The molecule has 0 aromatic heterocycles. The highest BCUT2D eigenvalue weighted by atomic mass is 16.3. The number of carbonyl (C=O) groups is 1. The topological polar surface area (TPSA) is 101 Å². The van der Waals surface area contributed by atoms with Crippen molar-refractivity contribution in [3.8, 4) is 11.1 Å². The van der Waals surface area contributed by atoms with Gasteiger partial charge in [0.25, 0.3) is 0 Å². The number of anilines is 1. The summed E-state index contributed by atoms with van der Waals surface area (Å²) in [6.45, 7) is 3.37. The van der Waals surface area contributed by atoms with Crippen LogP contribution in [0.5, 0.6) is 0 Å². The molecule has 0 radical (unpaired) electrons. The van der Waals surface area contributed by atoms with Crippen molar-refractivity contribution in [1.82, 2.24) is 0 Å². The SMILES string of the molecule is C=CC(=O)Nc1c(CO)ccc2c1Cc1ccccc1-2.NN. The second-order valence-corrected chi connectivity index (χ2v) is 4.81. The summed E-state index contributed by atoms with van der Waals surface area (Å²) in [6.07, 6.45) is 2.01. The number of amides is 1. The first-order chi connectivity index (χ1) is 10.7. The number of fused-ring (bicyclic) bond motifs is 3. The van der Waals surface area contributed by atoms with E-state index in [1.807, 2.05) is 24.3 Å². The number of hydrogen-bond donors (Lipinski definition) is 4. The van der Waals surface area contributed by atoms with Crippen molar-refractivity contribution in [1.29, 1.82) is 0 Å². The fourth-order valence-corrected chi connectivity index (χ4v) is 2.72. The number of nitrogens with two attached hydrogens (primary N) is 2. The Morgan fingerprint density at radius 3 is 2.64 bits per heavy atom. The molecule has 0 heterocycles. The fraction of sp³-hybridized carbons (Fsp3) is 0.118. The zero-order chi connectivity index (χ0) is 16.1. The smallest absolute Gasteiger partial charge is 0.247 e. The Balaban J connectivity index is 0.000000847. The molecule has 0 saturated carbocycles. The Hall–Kier alpha value is -2.47. The molecular formula is C17H19N3O2. The summed E-state index contributed by atoms with van der Waals surface area (Å²) in [5, 5.41) is 12.3. The maximum atomic E-state index is 11.6. The molecule has 0 unspecified atom stereocenters. The molecule has 1 aliphatic rings. The summed E-state index contributed by atoms with van der Waals surface area (Å²) >= 11 is 0. The largest absolute Gasteiger partial charge is 0.392 e. The van der Waals surface area contributed by atoms with Gasteiger partial charge in [0, 0.05) is 12.0 Å². The van der Waals surface area contributed by atoms with E-state index in [0.717, 1.165) is 23.1 Å². The lowest BCUT2D eigenvalue weighted by Gasteiger charge is -2.13. The Labute approximate surface area is 129 Å². The third-order valence-electron chi connectivity index (χ3n) is 3.68. The normalized spacial score (nSPS) is 10.9. The van der Waals surface area contributed by atoms with Crippen LogP contribution in [0, 0.1) is 0 Å². The van der Waals surface area contributed by atoms with Crippen LogP contribution < -0.4 is 17.0 Å². The summed E-state index contributed by atoms with van der Waals surface area (Å²) in [5.74, 6) is 7.74. The maximum Gasteiger partial charge on any atom is 0.247 e. The number of rotatable bonds is 3. The molecule has 0 fully saturated rings. The molecule has 2 aromatic carbocycles. The Morgan fingerprint density at radius 2 is 1.95 bits per heavy atom. The molecule has 114 valence electrons. The van der Waals surface area contributed by atoms with Gasteiger partial charge in [-0.1, -0.05) is 43.0 Å². The zero-order valence-corrected chi connectivity index (χ0v) is 12.2. The molecule has 0 saturated heterocycles. The van der Waals surface area contributed by atoms with E-state index in [0.29, 0.717) is 5.69 Å². The lowest BCUT2D eigenvalue weighted by molar-refractivity contribution is -0.111. The van der Waals surface area contributed by atoms with Crippen LogP contribution in [0.4, 0.5) is 5.69 Å². The molecule has 1 amide bonds. The number of carbonyl (C=O) groups excluding carboxylic acids is 1. The van der Waals surface area contributed by atoms with E-state index in [-0.39, 0.29) is 12.5 Å². The number of hydrazine groups is 1. The third-order valence-corrected chi connectivity index (χ3v) is 3.68. The second-order valence-electron chi connectivity index (χ2n) is 4.81. The summed E-state index contributed by atoms with van der Waals surface area (Å²) in [6, 6.07) is 12.1. The van der Waals surface area contributed by atoms with Gasteiger partial charge in [0.2, 0.25) is 5.91 Å². The molecule has 6 N–H and O–H groups in total. The number of aliphatic hydroxyl groups excluding tert-OH is 1. The standard InChI is InChI=1S/C17H15NO2.H4N2/c1-2-16(20)18-17-12(10-19)7-8-14-13-6-4-3-5-11(13)9-15(14)17;1-2/h2-8,19H,1,9-10H2,(H,18,20);1-2H2. The number of hydrogen-bond acceptors (Lipinski definition) is 4. The first-order valence-corrected chi connectivity index (χ1v) is 6.85. The lowest BCUT2D eigenvalue weighted by Crippen LogP contribution is -2.11. The highest BCUT2D eigenvalue weighted by molar-refractivity contribution is 6.01. The van der Waals surface area contributed by atoms with Crippen molar-refractivity contribution in [2.45, 2.75) is 13.0 Å².